The van der Waals surface area contributed by atoms with Crippen molar-refractivity contribution in [2.24, 2.45) is 0 Å². The quantitative estimate of drug-likeness (QED) is 0.799. The Hall–Kier alpha value is -1.10. The molecule has 0 spiro atoms. The molecule has 0 aromatic heterocycles. The van der Waals surface area contributed by atoms with Crippen molar-refractivity contribution in [3.05, 3.63) is 35.1 Å². The summed E-state index contributed by atoms with van der Waals surface area (Å²) in [5.41, 5.74) is -0.884. The van der Waals surface area contributed by atoms with E-state index in [-0.39, 0.29) is 0 Å². The molecule has 0 saturated carbocycles. The van der Waals surface area contributed by atoms with E-state index in [0.717, 1.165) is 12.1 Å². The fourth-order valence-electron chi connectivity index (χ4n) is 1.32. The lowest BCUT2D eigenvalue weighted by Crippen LogP contribution is -2.09. The van der Waals surface area contributed by atoms with Gasteiger partial charge in [-0.2, -0.15) is 13.2 Å². The Morgan fingerprint density at radius 2 is 1.94 bits per heavy atom. The summed E-state index contributed by atoms with van der Waals surface area (Å²) in [5, 5.41) is 9.00. The van der Waals surface area contributed by atoms with E-state index in [1.54, 1.807) is 6.92 Å². The van der Waals surface area contributed by atoms with Crippen LogP contribution in [0.4, 0.5) is 17.6 Å². The van der Waals surface area contributed by atoms with Crippen LogP contribution >= 0.6 is 0 Å². The monoisotopic (exact) mass is 236 g/mol. The predicted octanol–water partition coefficient (Wildman–Crippen LogP) is 3.16. The van der Waals surface area contributed by atoms with Gasteiger partial charge in [-0.05, 0) is 37.5 Å². The van der Waals surface area contributed by atoms with Crippen LogP contribution in [0.2, 0.25) is 0 Å². The zero-order chi connectivity index (χ0) is 12.3. The molecule has 0 fully saturated rings. The molecule has 0 unspecified atom stereocenters. The molecule has 0 aliphatic carbocycles. The highest BCUT2D eigenvalue weighted by molar-refractivity contribution is 5.27. The average Bonchev–Trinajstić information content (AvgIpc) is 2.14. The molecule has 0 aliphatic heterocycles. The molecule has 0 heterocycles. The highest BCUT2D eigenvalue weighted by Crippen LogP contribution is 2.32. The molecule has 1 aromatic carbocycles. The first-order valence-electron chi connectivity index (χ1n) is 4.84. The summed E-state index contributed by atoms with van der Waals surface area (Å²) in [7, 11) is 0. The standard InChI is InChI=1S/C11H12F4O/c1-7(16)2-3-8-4-5-10(12)9(6-8)11(13,14)15/h4-7,16H,2-3H2,1H3/t7-/m0/s1. The Morgan fingerprint density at radius 1 is 1.31 bits per heavy atom. The lowest BCUT2D eigenvalue weighted by molar-refractivity contribution is -0.140. The van der Waals surface area contributed by atoms with Crippen LogP contribution in [0.3, 0.4) is 0 Å². The third-order valence-electron chi connectivity index (χ3n) is 2.19. The SMILES string of the molecule is C[C@H](O)CCc1ccc(F)c(C(F)(F)F)c1. The number of hydrogen-bond acceptors (Lipinski definition) is 1. The van der Waals surface area contributed by atoms with E-state index >= 15 is 0 Å². The molecule has 0 amide bonds. The van der Waals surface area contributed by atoms with Crippen molar-refractivity contribution in [2.75, 3.05) is 0 Å². The second-order valence-electron chi connectivity index (χ2n) is 3.70. The largest absolute Gasteiger partial charge is 0.419 e. The van der Waals surface area contributed by atoms with Crippen molar-refractivity contribution >= 4 is 0 Å². The summed E-state index contributed by atoms with van der Waals surface area (Å²) in [5.74, 6) is -1.27. The van der Waals surface area contributed by atoms with Crippen LogP contribution in [0, 0.1) is 5.82 Å². The second kappa shape index (κ2) is 4.82. The van der Waals surface area contributed by atoms with Gasteiger partial charge in [0.1, 0.15) is 5.82 Å². The molecule has 16 heavy (non-hydrogen) atoms. The van der Waals surface area contributed by atoms with Gasteiger partial charge < -0.3 is 5.11 Å². The minimum atomic E-state index is -4.68. The van der Waals surface area contributed by atoms with Gasteiger partial charge in [-0.25, -0.2) is 4.39 Å². The number of alkyl halides is 3. The molecule has 1 N–H and O–H groups in total. The van der Waals surface area contributed by atoms with Crippen molar-refractivity contribution in [3.63, 3.8) is 0 Å². The molecular formula is C11H12F4O. The van der Waals surface area contributed by atoms with Crippen LogP contribution in [0.25, 0.3) is 0 Å². The van der Waals surface area contributed by atoms with Gasteiger partial charge in [0.25, 0.3) is 0 Å². The van der Waals surface area contributed by atoms with Crippen LogP contribution < -0.4 is 0 Å². The van der Waals surface area contributed by atoms with E-state index in [0.29, 0.717) is 18.4 Å². The number of rotatable bonds is 3. The molecular weight excluding hydrogens is 224 g/mol. The maximum atomic E-state index is 12.9. The molecule has 1 nitrogen and oxygen atoms in total. The third-order valence-corrected chi connectivity index (χ3v) is 2.19. The molecule has 0 aliphatic rings. The molecule has 0 saturated heterocycles. The van der Waals surface area contributed by atoms with Crippen molar-refractivity contribution in [2.45, 2.75) is 32.0 Å². The Kier molecular flexibility index (Phi) is 3.91. The first kappa shape index (κ1) is 13.0. The Balaban J connectivity index is 2.90. The number of aryl methyl sites for hydroxylation is 1. The maximum Gasteiger partial charge on any atom is 0.419 e. The highest BCUT2D eigenvalue weighted by atomic mass is 19.4. The first-order chi connectivity index (χ1) is 7.30. The molecule has 1 aromatic rings. The normalized spacial score (nSPS) is 13.9. The Bertz CT molecular complexity index is 357. The summed E-state index contributed by atoms with van der Waals surface area (Å²) >= 11 is 0. The number of benzene rings is 1. The fraction of sp³-hybridized carbons (Fsp3) is 0.455. The van der Waals surface area contributed by atoms with Gasteiger partial charge in [-0.3, -0.25) is 0 Å². The van der Waals surface area contributed by atoms with Gasteiger partial charge >= 0.3 is 6.18 Å². The summed E-state index contributed by atoms with van der Waals surface area (Å²) in [6.45, 7) is 1.55. The minimum Gasteiger partial charge on any atom is -0.393 e. The van der Waals surface area contributed by atoms with E-state index in [4.69, 9.17) is 5.11 Å². The minimum absolute atomic E-state index is 0.293. The highest BCUT2D eigenvalue weighted by Gasteiger charge is 2.34. The molecule has 0 radical (unpaired) electrons. The zero-order valence-electron chi connectivity index (χ0n) is 8.68. The van der Waals surface area contributed by atoms with Crippen molar-refractivity contribution in [1.29, 1.82) is 0 Å². The summed E-state index contributed by atoms with van der Waals surface area (Å²) in [6, 6.07) is 2.89. The summed E-state index contributed by atoms with van der Waals surface area (Å²) in [4.78, 5) is 0. The fourth-order valence-corrected chi connectivity index (χ4v) is 1.32. The average molecular weight is 236 g/mol. The van der Waals surface area contributed by atoms with Crippen LogP contribution in [0.5, 0.6) is 0 Å². The van der Waals surface area contributed by atoms with Gasteiger partial charge in [0.05, 0.1) is 11.7 Å². The summed E-state index contributed by atoms with van der Waals surface area (Å²) in [6.07, 6.45) is -4.62. The zero-order valence-corrected chi connectivity index (χ0v) is 8.68. The van der Waals surface area contributed by atoms with Gasteiger partial charge in [0.2, 0.25) is 0 Å². The molecule has 1 atom stereocenters. The van der Waals surface area contributed by atoms with Crippen LogP contribution in [-0.4, -0.2) is 11.2 Å². The van der Waals surface area contributed by atoms with Gasteiger partial charge in [0.15, 0.2) is 0 Å². The number of hydrogen-bond donors (Lipinski definition) is 1. The molecule has 5 heteroatoms. The first-order valence-corrected chi connectivity index (χ1v) is 4.84. The topological polar surface area (TPSA) is 20.2 Å². The van der Waals surface area contributed by atoms with E-state index in [2.05, 4.69) is 0 Å². The van der Waals surface area contributed by atoms with Gasteiger partial charge in [0, 0.05) is 0 Å². The Labute approximate surface area is 90.7 Å². The van der Waals surface area contributed by atoms with Crippen LogP contribution in [-0.2, 0) is 12.6 Å². The number of aliphatic hydroxyl groups is 1. The van der Waals surface area contributed by atoms with Crippen LogP contribution in [0.15, 0.2) is 18.2 Å². The van der Waals surface area contributed by atoms with Crippen LogP contribution in [0.1, 0.15) is 24.5 Å². The number of halogens is 4. The van der Waals surface area contributed by atoms with E-state index in [1.165, 1.54) is 6.07 Å². The second-order valence-corrected chi connectivity index (χ2v) is 3.70. The van der Waals surface area contributed by atoms with E-state index in [9.17, 15) is 17.6 Å². The lowest BCUT2D eigenvalue weighted by atomic mass is 10.0. The third kappa shape index (κ3) is 3.48. The number of aliphatic hydroxyl groups excluding tert-OH is 1. The lowest BCUT2D eigenvalue weighted by Gasteiger charge is -2.10. The predicted molar refractivity (Wildman–Crippen MR) is 51.4 cm³/mol. The van der Waals surface area contributed by atoms with Gasteiger partial charge in [-0.15, -0.1) is 0 Å². The molecule has 1 rings (SSSR count). The van der Waals surface area contributed by atoms with Crippen molar-refractivity contribution < 1.29 is 22.7 Å². The Morgan fingerprint density at radius 3 is 2.44 bits per heavy atom. The van der Waals surface area contributed by atoms with E-state index in [1.807, 2.05) is 0 Å². The van der Waals surface area contributed by atoms with Crippen molar-refractivity contribution in [1.82, 2.24) is 0 Å². The summed E-state index contributed by atoms with van der Waals surface area (Å²) < 4.78 is 49.9. The van der Waals surface area contributed by atoms with Gasteiger partial charge in [-0.1, -0.05) is 6.07 Å². The van der Waals surface area contributed by atoms with Crippen molar-refractivity contribution in [3.8, 4) is 0 Å². The maximum absolute atomic E-state index is 12.9. The smallest absolute Gasteiger partial charge is 0.393 e. The molecule has 90 valence electrons. The molecule has 0 bridgehead atoms. The van der Waals surface area contributed by atoms with E-state index < -0.39 is 23.7 Å².